The van der Waals surface area contributed by atoms with E-state index in [1.165, 1.54) is 0 Å². The van der Waals surface area contributed by atoms with Crippen LogP contribution < -0.4 is 5.32 Å². The summed E-state index contributed by atoms with van der Waals surface area (Å²) in [6.07, 6.45) is 1.57. The molecule has 0 spiro atoms. The van der Waals surface area contributed by atoms with Gasteiger partial charge in [0.25, 0.3) is 0 Å². The minimum absolute atomic E-state index is 0.190. The van der Waals surface area contributed by atoms with Crippen LogP contribution in [0.3, 0.4) is 0 Å². The SMILES string of the molecule is CCO[C@H]1CCNC1(C)C. The normalized spacial score (nSPS) is 30.9. The first-order chi connectivity index (χ1) is 4.67. The molecule has 1 rings (SSSR count). The molecule has 2 heteroatoms. The molecule has 2 nitrogen and oxygen atoms in total. The van der Waals surface area contributed by atoms with Gasteiger partial charge in [-0.25, -0.2) is 0 Å². The number of rotatable bonds is 2. The smallest absolute Gasteiger partial charge is 0.0763 e. The Kier molecular flexibility index (Phi) is 2.32. The summed E-state index contributed by atoms with van der Waals surface area (Å²) in [7, 11) is 0. The van der Waals surface area contributed by atoms with Crippen LogP contribution in [0, 0.1) is 0 Å². The van der Waals surface area contributed by atoms with E-state index in [9.17, 15) is 0 Å². The quantitative estimate of drug-likeness (QED) is 0.626. The van der Waals surface area contributed by atoms with E-state index in [1.807, 2.05) is 0 Å². The molecule has 1 heterocycles. The zero-order valence-corrected chi connectivity index (χ0v) is 7.11. The van der Waals surface area contributed by atoms with E-state index in [0.717, 1.165) is 19.6 Å². The molecule has 10 heavy (non-hydrogen) atoms. The van der Waals surface area contributed by atoms with Gasteiger partial charge < -0.3 is 10.1 Å². The van der Waals surface area contributed by atoms with Crippen LogP contribution in [0.25, 0.3) is 0 Å². The van der Waals surface area contributed by atoms with E-state index in [-0.39, 0.29) is 5.54 Å². The van der Waals surface area contributed by atoms with Crippen molar-refractivity contribution in [1.82, 2.24) is 5.32 Å². The van der Waals surface area contributed by atoms with Gasteiger partial charge in [-0.3, -0.25) is 0 Å². The molecule has 1 N–H and O–H groups in total. The lowest BCUT2D eigenvalue weighted by Gasteiger charge is -2.26. The van der Waals surface area contributed by atoms with E-state index in [2.05, 4.69) is 26.1 Å². The number of hydrogen-bond acceptors (Lipinski definition) is 2. The molecule has 0 amide bonds. The Bertz CT molecular complexity index is 112. The molecule has 1 aliphatic rings. The second-order valence-electron chi connectivity index (χ2n) is 3.38. The molecule has 1 saturated heterocycles. The standard InChI is InChI=1S/C8H17NO/c1-4-10-7-5-6-9-8(7,2)3/h7,9H,4-6H2,1-3H3/t7-/m0/s1. The predicted molar refractivity (Wildman–Crippen MR) is 42.1 cm³/mol. The van der Waals surface area contributed by atoms with E-state index in [4.69, 9.17) is 4.74 Å². The lowest BCUT2D eigenvalue weighted by atomic mass is 10.0. The molecule has 60 valence electrons. The van der Waals surface area contributed by atoms with Gasteiger partial charge in [0.15, 0.2) is 0 Å². The average Bonchev–Trinajstić information content (AvgIpc) is 2.13. The largest absolute Gasteiger partial charge is 0.377 e. The zero-order chi connectivity index (χ0) is 7.61. The van der Waals surface area contributed by atoms with Gasteiger partial charge in [-0.15, -0.1) is 0 Å². The van der Waals surface area contributed by atoms with Crippen LogP contribution in [-0.4, -0.2) is 24.8 Å². The fourth-order valence-electron chi connectivity index (χ4n) is 1.49. The second-order valence-corrected chi connectivity index (χ2v) is 3.38. The van der Waals surface area contributed by atoms with Crippen molar-refractivity contribution in [3.63, 3.8) is 0 Å². The third kappa shape index (κ3) is 1.50. The van der Waals surface area contributed by atoms with Crippen molar-refractivity contribution in [2.75, 3.05) is 13.2 Å². The first-order valence-electron chi connectivity index (χ1n) is 4.03. The highest BCUT2D eigenvalue weighted by molar-refractivity contribution is 4.93. The van der Waals surface area contributed by atoms with Crippen LogP contribution in [0.15, 0.2) is 0 Å². The number of hydrogen-bond donors (Lipinski definition) is 1. The summed E-state index contributed by atoms with van der Waals surface area (Å²) in [4.78, 5) is 0. The molecular formula is C8H17NO. The second kappa shape index (κ2) is 2.89. The summed E-state index contributed by atoms with van der Waals surface area (Å²) in [5.41, 5.74) is 0.190. The highest BCUT2D eigenvalue weighted by Crippen LogP contribution is 2.21. The van der Waals surface area contributed by atoms with Crippen LogP contribution >= 0.6 is 0 Å². The van der Waals surface area contributed by atoms with Crippen molar-refractivity contribution in [2.45, 2.75) is 38.8 Å². The molecule has 0 bridgehead atoms. The summed E-state index contributed by atoms with van der Waals surface area (Å²) >= 11 is 0. The summed E-state index contributed by atoms with van der Waals surface area (Å²) in [6.45, 7) is 8.36. The van der Waals surface area contributed by atoms with Crippen molar-refractivity contribution >= 4 is 0 Å². The molecule has 1 fully saturated rings. The van der Waals surface area contributed by atoms with E-state index < -0.39 is 0 Å². The summed E-state index contributed by atoms with van der Waals surface area (Å²) in [5.74, 6) is 0. The van der Waals surface area contributed by atoms with Crippen LogP contribution in [-0.2, 0) is 4.74 Å². The Labute approximate surface area is 63.0 Å². The van der Waals surface area contributed by atoms with Gasteiger partial charge in [0.1, 0.15) is 0 Å². The lowest BCUT2D eigenvalue weighted by Crippen LogP contribution is -2.42. The van der Waals surface area contributed by atoms with Gasteiger partial charge in [-0.05, 0) is 33.7 Å². The summed E-state index contributed by atoms with van der Waals surface area (Å²) < 4.78 is 5.56. The molecule has 1 aliphatic heterocycles. The monoisotopic (exact) mass is 143 g/mol. The predicted octanol–water partition coefficient (Wildman–Crippen LogP) is 1.16. The van der Waals surface area contributed by atoms with E-state index >= 15 is 0 Å². The summed E-state index contributed by atoms with van der Waals surface area (Å²) in [6, 6.07) is 0. The Balaban J connectivity index is 2.43. The Hall–Kier alpha value is -0.0800. The van der Waals surface area contributed by atoms with Crippen molar-refractivity contribution < 1.29 is 4.74 Å². The molecule has 0 aromatic heterocycles. The molecule has 0 aliphatic carbocycles. The van der Waals surface area contributed by atoms with Gasteiger partial charge >= 0.3 is 0 Å². The van der Waals surface area contributed by atoms with Crippen molar-refractivity contribution in [3.05, 3.63) is 0 Å². The van der Waals surface area contributed by atoms with Crippen LogP contribution in [0.4, 0.5) is 0 Å². The van der Waals surface area contributed by atoms with Crippen molar-refractivity contribution in [2.24, 2.45) is 0 Å². The minimum atomic E-state index is 0.190. The first-order valence-corrected chi connectivity index (χ1v) is 4.03. The average molecular weight is 143 g/mol. The molecular weight excluding hydrogens is 126 g/mol. The van der Waals surface area contributed by atoms with Gasteiger partial charge in [0, 0.05) is 12.1 Å². The van der Waals surface area contributed by atoms with Crippen molar-refractivity contribution in [3.8, 4) is 0 Å². The Morgan fingerprint density at radius 2 is 2.30 bits per heavy atom. The topological polar surface area (TPSA) is 21.3 Å². The molecule has 0 unspecified atom stereocenters. The maximum atomic E-state index is 5.56. The maximum Gasteiger partial charge on any atom is 0.0763 e. The zero-order valence-electron chi connectivity index (χ0n) is 7.11. The highest BCUT2D eigenvalue weighted by Gasteiger charge is 2.34. The van der Waals surface area contributed by atoms with Crippen molar-refractivity contribution in [1.29, 1.82) is 0 Å². The highest BCUT2D eigenvalue weighted by atomic mass is 16.5. The molecule has 0 saturated carbocycles. The fourth-order valence-corrected chi connectivity index (χ4v) is 1.49. The fraction of sp³-hybridized carbons (Fsp3) is 1.00. The third-order valence-electron chi connectivity index (χ3n) is 2.16. The van der Waals surface area contributed by atoms with Crippen LogP contribution in [0.5, 0.6) is 0 Å². The van der Waals surface area contributed by atoms with Gasteiger partial charge in [-0.1, -0.05) is 0 Å². The van der Waals surface area contributed by atoms with E-state index in [0.29, 0.717) is 6.10 Å². The Morgan fingerprint density at radius 3 is 2.70 bits per heavy atom. The molecule has 0 radical (unpaired) electrons. The Morgan fingerprint density at radius 1 is 1.60 bits per heavy atom. The van der Waals surface area contributed by atoms with Gasteiger partial charge in [0.05, 0.1) is 6.10 Å². The van der Waals surface area contributed by atoms with Gasteiger partial charge in [0.2, 0.25) is 0 Å². The first kappa shape index (κ1) is 8.02. The molecule has 0 aromatic rings. The van der Waals surface area contributed by atoms with Gasteiger partial charge in [-0.2, -0.15) is 0 Å². The molecule has 0 aromatic carbocycles. The van der Waals surface area contributed by atoms with Crippen LogP contribution in [0.1, 0.15) is 27.2 Å². The number of ether oxygens (including phenoxy) is 1. The van der Waals surface area contributed by atoms with Crippen LogP contribution in [0.2, 0.25) is 0 Å². The third-order valence-corrected chi connectivity index (χ3v) is 2.16. The minimum Gasteiger partial charge on any atom is -0.377 e. The summed E-state index contributed by atoms with van der Waals surface area (Å²) in [5, 5.41) is 3.41. The molecule has 1 atom stereocenters. The maximum absolute atomic E-state index is 5.56. The van der Waals surface area contributed by atoms with E-state index in [1.54, 1.807) is 0 Å². The number of nitrogens with one attached hydrogen (secondary N) is 1. The lowest BCUT2D eigenvalue weighted by molar-refractivity contribution is 0.0285.